The van der Waals surface area contributed by atoms with E-state index in [-0.39, 0.29) is 30.7 Å². The number of hydrogen-bond acceptors (Lipinski definition) is 5. The molecular weight excluding hydrogens is 326 g/mol. The summed E-state index contributed by atoms with van der Waals surface area (Å²) in [7, 11) is 0. The van der Waals surface area contributed by atoms with E-state index >= 15 is 0 Å². The van der Waals surface area contributed by atoms with E-state index in [0.717, 1.165) is 24.8 Å². The number of fused-ring (bicyclic) bond motifs is 1. The molecule has 0 saturated carbocycles. The summed E-state index contributed by atoms with van der Waals surface area (Å²) in [6, 6.07) is 7.65. The van der Waals surface area contributed by atoms with Gasteiger partial charge in [-0.1, -0.05) is 24.3 Å². The second kappa shape index (κ2) is 7.35. The van der Waals surface area contributed by atoms with Gasteiger partial charge >= 0.3 is 5.69 Å². The normalized spacial score (nSPS) is 16.1. The Morgan fingerprint density at radius 2 is 2.08 bits per heavy atom. The first-order valence-electron chi connectivity index (χ1n) is 8.09. The van der Waals surface area contributed by atoms with Crippen LogP contribution in [-0.2, 0) is 6.42 Å². The summed E-state index contributed by atoms with van der Waals surface area (Å²) in [5.41, 5.74) is 0.356. The molecule has 0 bridgehead atoms. The molecule has 0 unspecified atom stereocenters. The minimum atomic E-state index is -0.814. The maximum Gasteiger partial charge on any atom is 0.326 e. The third kappa shape index (κ3) is 3.63. The van der Waals surface area contributed by atoms with Crippen LogP contribution in [0.15, 0.2) is 33.9 Å². The molecule has 1 aliphatic carbocycles. The molecule has 4 N–H and O–H groups in total. The van der Waals surface area contributed by atoms with Crippen molar-refractivity contribution in [2.24, 2.45) is 0 Å². The van der Waals surface area contributed by atoms with Crippen molar-refractivity contribution in [3.63, 3.8) is 0 Å². The summed E-state index contributed by atoms with van der Waals surface area (Å²) < 4.78 is 5.13. The summed E-state index contributed by atoms with van der Waals surface area (Å²) in [6.07, 6.45) is 2.65. The van der Waals surface area contributed by atoms with Crippen molar-refractivity contribution >= 4 is 5.91 Å². The lowest BCUT2D eigenvalue weighted by Crippen LogP contribution is -2.36. The molecule has 1 aromatic carbocycles. The molecule has 1 aliphatic rings. The SMILES string of the molecule is O=C(N[C@H]1CCCc2ccccc21)c1[nH]c(=O)[nH]c(=O)c1OCCO. The third-order valence-corrected chi connectivity index (χ3v) is 4.14. The van der Waals surface area contributed by atoms with Crippen LogP contribution in [0.3, 0.4) is 0 Å². The number of rotatable bonds is 5. The molecule has 8 nitrogen and oxygen atoms in total. The molecule has 0 spiro atoms. The molecule has 0 aliphatic heterocycles. The Hall–Kier alpha value is -2.87. The standard InChI is InChI=1S/C17H19N3O5/c21-8-9-25-14-13(19-17(24)20-16(14)23)15(22)18-12-7-3-5-10-4-1-2-6-11(10)12/h1-2,4,6,12,21H,3,5,7-9H2,(H,18,22)(H2,19,20,23,24)/t12-/m0/s1. The summed E-state index contributed by atoms with van der Waals surface area (Å²) in [6.45, 7) is -0.489. The number of amides is 1. The summed E-state index contributed by atoms with van der Waals surface area (Å²) in [5, 5.41) is 11.7. The highest BCUT2D eigenvalue weighted by Gasteiger charge is 2.25. The van der Waals surface area contributed by atoms with Crippen LogP contribution in [0.2, 0.25) is 0 Å². The van der Waals surface area contributed by atoms with Gasteiger partial charge in [0.1, 0.15) is 6.61 Å². The maximum atomic E-state index is 12.6. The van der Waals surface area contributed by atoms with Gasteiger partial charge in [-0.15, -0.1) is 0 Å². The van der Waals surface area contributed by atoms with Gasteiger partial charge in [-0.2, -0.15) is 0 Å². The molecule has 2 aromatic rings. The van der Waals surface area contributed by atoms with Crippen LogP contribution in [-0.4, -0.2) is 34.2 Å². The molecule has 25 heavy (non-hydrogen) atoms. The van der Waals surface area contributed by atoms with E-state index in [9.17, 15) is 14.4 Å². The fourth-order valence-corrected chi connectivity index (χ4v) is 3.05. The van der Waals surface area contributed by atoms with E-state index < -0.39 is 17.2 Å². The summed E-state index contributed by atoms with van der Waals surface area (Å²) >= 11 is 0. The Morgan fingerprint density at radius 1 is 1.28 bits per heavy atom. The molecule has 1 atom stereocenters. The molecule has 1 amide bonds. The highest BCUT2D eigenvalue weighted by atomic mass is 16.5. The fraction of sp³-hybridized carbons (Fsp3) is 0.353. The van der Waals surface area contributed by atoms with Crippen molar-refractivity contribution in [3.05, 3.63) is 61.9 Å². The van der Waals surface area contributed by atoms with Crippen LogP contribution in [0.25, 0.3) is 0 Å². The Morgan fingerprint density at radius 3 is 2.88 bits per heavy atom. The van der Waals surface area contributed by atoms with Gasteiger partial charge < -0.3 is 15.2 Å². The topological polar surface area (TPSA) is 124 Å². The Labute approximate surface area is 142 Å². The molecular formula is C17H19N3O5. The first-order valence-corrected chi connectivity index (χ1v) is 8.09. The number of benzene rings is 1. The van der Waals surface area contributed by atoms with Crippen molar-refractivity contribution in [3.8, 4) is 5.75 Å². The summed E-state index contributed by atoms with van der Waals surface area (Å²) in [4.78, 5) is 40.4. The molecule has 132 valence electrons. The van der Waals surface area contributed by atoms with E-state index in [0.29, 0.717) is 0 Å². The average molecular weight is 345 g/mol. The van der Waals surface area contributed by atoms with Crippen molar-refractivity contribution in [2.75, 3.05) is 13.2 Å². The van der Waals surface area contributed by atoms with Crippen molar-refractivity contribution in [1.82, 2.24) is 15.3 Å². The number of aryl methyl sites for hydroxylation is 1. The number of nitrogens with one attached hydrogen (secondary N) is 3. The van der Waals surface area contributed by atoms with Gasteiger partial charge in [-0.3, -0.25) is 19.6 Å². The van der Waals surface area contributed by atoms with E-state index in [1.807, 2.05) is 29.2 Å². The number of aromatic nitrogens is 2. The van der Waals surface area contributed by atoms with E-state index in [1.165, 1.54) is 5.56 Å². The van der Waals surface area contributed by atoms with Crippen molar-refractivity contribution < 1.29 is 14.6 Å². The Balaban J connectivity index is 1.90. The predicted octanol–water partition coefficient (Wildman–Crippen LogP) is 0.242. The number of carbonyl (C=O) groups excluding carboxylic acids is 1. The monoisotopic (exact) mass is 345 g/mol. The lowest BCUT2D eigenvalue weighted by molar-refractivity contribution is 0.0920. The second-order valence-electron chi connectivity index (χ2n) is 5.80. The highest BCUT2D eigenvalue weighted by Crippen LogP contribution is 2.29. The molecule has 1 aromatic heterocycles. The van der Waals surface area contributed by atoms with Crippen molar-refractivity contribution in [1.29, 1.82) is 0 Å². The van der Waals surface area contributed by atoms with Crippen molar-refractivity contribution in [2.45, 2.75) is 25.3 Å². The largest absolute Gasteiger partial charge is 0.484 e. The van der Waals surface area contributed by atoms with Crippen LogP contribution in [0.5, 0.6) is 5.75 Å². The minimum absolute atomic E-state index is 0.165. The number of ether oxygens (including phenoxy) is 1. The zero-order valence-electron chi connectivity index (χ0n) is 13.5. The molecule has 0 fully saturated rings. The fourth-order valence-electron chi connectivity index (χ4n) is 3.05. The number of carbonyl (C=O) groups is 1. The van der Waals surface area contributed by atoms with Crippen LogP contribution in [0.1, 0.15) is 40.5 Å². The van der Waals surface area contributed by atoms with E-state index in [4.69, 9.17) is 9.84 Å². The average Bonchev–Trinajstić information content (AvgIpc) is 2.60. The Bertz CT molecular complexity index is 886. The van der Waals surface area contributed by atoms with Gasteiger partial charge in [0, 0.05) is 0 Å². The lowest BCUT2D eigenvalue weighted by atomic mass is 9.87. The molecule has 0 saturated heterocycles. The second-order valence-corrected chi connectivity index (χ2v) is 5.80. The van der Waals surface area contributed by atoms with Crippen LogP contribution in [0, 0.1) is 0 Å². The first kappa shape index (κ1) is 17.0. The van der Waals surface area contributed by atoms with Crippen LogP contribution >= 0.6 is 0 Å². The number of hydrogen-bond donors (Lipinski definition) is 4. The van der Waals surface area contributed by atoms with Gasteiger partial charge in [0.15, 0.2) is 5.69 Å². The van der Waals surface area contributed by atoms with E-state index in [1.54, 1.807) is 0 Å². The maximum absolute atomic E-state index is 12.6. The van der Waals surface area contributed by atoms with Gasteiger partial charge in [0.25, 0.3) is 11.5 Å². The highest BCUT2D eigenvalue weighted by molar-refractivity contribution is 5.95. The minimum Gasteiger partial charge on any atom is -0.484 e. The zero-order valence-corrected chi connectivity index (χ0v) is 13.5. The van der Waals surface area contributed by atoms with Crippen LogP contribution < -0.4 is 21.3 Å². The summed E-state index contributed by atoms with van der Waals surface area (Å²) in [5.74, 6) is -0.909. The lowest BCUT2D eigenvalue weighted by Gasteiger charge is -2.26. The number of aliphatic hydroxyl groups excluding tert-OH is 1. The van der Waals surface area contributed by atoms with Gasteiger partial charge in [0.2, 0.25) is 5.75 Å². The number of H-pyrrole nitrogens is 2. The van der Waals surface area contributed by atoms with Gasteiger partial charge in [-0.25, -0.2) is 4.79 Å². The molecule has 0 radical (unpaired) electrons. The molecule has 3 rings (SSSR count). The first-order chi connectivity index (χ1) is 12.1. The predicted molar refractivity (Wildman–Crippen MR) is 89.9 cm³/mol. The molecule has 1 heterocycles. The smallest absolute Gasteiger partial charge is 0.326 e. The van der Waals surface area contributed by atoms with Crippen LogP contribution in [0.4, 0.5) is 0 Å². The zero-order chi connectivity index (χ0) is 17.8. The Kier molecular flexibility index (Phi) is 4.99. The molecule has 8 heteroatoms. The van der Waals surface area contributed by atoms with Gasteiger partial charge in [0.05, 0.1) is 12.6 Å². The third-order valence-electron chi connectivity index (χ3n) is 4.14. The quantitative estimate of drug-likeness (QED) is 0.618. The van der Waals surface area contributed by atoms with E-state index in [2.05, 4.69) is 10.3 Å². The number of aromatic amines is 2. The number of aliphatic hydroxyl groups is 1. The van der Waals surface area contributed by atoms with Gasteiger partial charge in [-0.05, 0) is 30.4 Å².